The maximum atomic E-state index is 13.2. The van der Waals surface area contributed by atoms with Crippen LogP contribution in [0.1, 0.15) is 75.0 Å². The molecule has 3 amide bonds. The number of nitrogens with one attached hydrogen (secondary N) is 1. The fourth-order valence-electron chi connectivity index (χ4n) is 6.98. The van der Waals surface area contributed by atoms with Crippen LogP contribution in [0.15, 0.2) is 36.4 Å². The van der Waals surface area contributed by atoms with Crippen molar-refractivity contribution in [3.05, 3.63) is 75.6 Å². The lowest BCUT2D eigenvalue weighted by Gasteiger charge is -2.36. The minimum atomic E-state index is -0.943. The highest BCUT2D eigenvalue weighted by Gasteiger charge is 2.54. The van der Waals surface area contributed by atoms with Gasteiger partial charge < -0.3 is 21.7 Å². The standard InChI is InChI=1S/C30H33N9O3/c1-16(34-15-26(40)39-22(14-31)11-21-12-25(21)39)13-30(29-35-37-38(2)36-29)23-7-5-19(27(32)41)9-17(23)3-4-18-10-20(28(33)42)6-8-24(18)30/h5-10,16,21-22,25,34H,3-4,11-13,15H2,1-2H3,(H2,32,41)(H2,33,42)/t16-,21-,22+,25+/m1/s1. The van der Waals surface area contributed by atoms with Gasteiger partial charge in [0, 0.05) is 23.2 Å². The Hall–Kier alpha value is -4.63. The van der Waals surface area contributed by atoms with Gasteiger partial charge in [0.1, 0.15) is 6.04 Å². The van der Waals surface area contributed by atoms with E-state index in [9.17, 15) is 19.6 Å². The Bertz CT molecular complexity index is 1580. The lowest BCUT2D eigenvalue weighted by atomic mass is 9.67. The molecule has 4 atom stereocenters. The monoisotopic (exact) mass is 567 g/mol. The van der Waals surface area contributed by atoms with Crippen LogP contribution in [0.25, 0.3) is 0 Å². The molecule has 0 unspecified atom stereocenters. The van der Waals surface area contributed by atoms with Crippen molar-refractivity contribution in [2.75, 3.05) is 6.54 Å². The summed E-state index contributed by atoms with van der Waals surface area (Å²) in [5, 5.41) is 26.3. The van der Waals surface area contributed by atoms with Gasteiger partial charge >= 0.3 is 0 Å². The Kier molecular flexibility index (Phi) is 6.77. The zero-order chi connectivity index (χ0) is 29.8. The molecule has 6 rings (SSSR count). The van der Waals surface area contributed by atoms with Crippen molar-refractivity contribution < 1.29 is 14.4 Å². The third-order valence-corrected chi connectivity index (χ3v) is 9.01. The van der Waals surface area contributed by atoms with Crippen LogP contribution in [-0.4, -0.2) is 67.5 Å². The molecule has 216 valence electrons. The molecule has 2 aliphatic carbocycles. The number of amides is 3. The first-order valence-corrected chi connectivity index (χ1v) is 14.2. The highest BCUT2D eigenvalue weighted by atomic mass is 16.2. The number of nitrogens with two attached hydrogens (primary N) is 2. The molecule has 1 aromatic heterocycles. The Balaban J connectivity index is 1.42. The van der Waals surface area contributed by atoms with E-state index in [4.69, 9.17) is 11.5 Å². The average Bonchev–Trinajstić information content (AvgIpc) is 3.46. The fraction of sp³-hybridized carbons (Fsp3) is 0.433. The van der Waals surface area contributed by atoms with Crippen LogP contribution in [0.5, 0.6) is 0 Å². The second-order valence-electron chi connectivity index (χ2n) is 11.7. The highest BCUT2D eigenvalue weighted by Crippen LogP contribution is 2.48. The van der Waals surface area contributed by atoms with E-state index in [2.05, 4.69) is 26.8 Å². The minimum Gasteiger partial charge on any atom is -0.366 e. The molecule has 2 fully saturated rings. The Morgan fingerprint density at radius 3 is 2.21 bits per heavy atom. The van der Waals surface area contributed by atoms with Crippen molar-refractivity contribution in [1.82, 2.24) is 30.4 Å². The maximum absolute atomic E-state index is 13.2. The number of tetrazole rings is 1. The number of rotatable bonds is 8. The molecule has 0 radical (unpaired) electrons. The molecule has 3 aromatic rings. The van der Waals surface area contributed by atoms with Crippen molar-refractivity contribution in [2.45, 2.75) is 62.6 Å². The number of fused-ring (bicyclic) bond motifs is 3. The van der Waals surface area contributed by atoms with Crippen molar-refractivity contribution in [1.29, 1.82) is 5.26 Å². The van der Waals surface area contributed by atoms with Crippen LogP contribution in [0.3, 0.4) is 0 Å². The lowest BCUT2D eigenvalue weighted by molar-refractivity contribution is -0.131. The van der Waals surface area contributed by atoms with Crippen LogP contribution in [0.4, 0.5) is 0 Å². The first-order chi connectivity index (χ1) is 20.1. The van der Waals surface area contributed by atoms with Crippen LogP contribution in [0.2, 0.25) is 0 Å². The van der Waals surface area contributed by atoms with Crippen molar-refractivity contribution in [3.8, 4) is 6.07 Å². The largest absolute Gasteiger partial charge is 0.366 e. The van der Waals surface area contributed by atoms with Gasteiger partial charge in [-0.15, -0.1) is 10.2 Å². The molecule has 2 heterocycles. The van der Waals surface area contributed by atoms with Crippen molar-refractivity contribution in [2.24, 2.45) is 24.4 Å². The van der Waals surface area contributed by atoms with E-state index in [0.29, 0.717) is 42.1 Å². The van der Waals surface area contributed by atoms with E-state index < -0.39 is 17.2 Å². The zero-order valence-electron chi connectivity index (χ0n) is 23.6. The Morgan fingerprint density at radius 1 is 1.07 bits per heavy atom. The summed E-state index contributed by atoms with van der Waals surface area (Å²) in [7, 11) is 1.70. The van der Waals surface area contributed by atoms with Gasteiger partial charge in [-0.1, -0.05) is 12.1 Å². The summed E-state index contributed by atoms with van der Waals surface area (Å²) in [6, 6.07) is 12.7. The molecule has 0 bridgehead atoms. The molecule has 2 aromatic carbocycles. The zero-order valence-corrected chi connectivity index (χ0v) is 23.6. The second-order valence-corrected chi connectivity index (χ2v) is 11.7. The third kappa shape index (κ3) is 4.59. The first kappa shape index (κ1) is 27.5. The van der Waals surface area contributed by atoms with E-state index in [0.717, 1.165) is 35.1 Å². The first-order valence-electron chi connectivity index (χ1n) is 14.2. The number of carbonyl (C=O) groups is 3. The minimum absolute atomic E-state index is 0.0797. The molecule has 1 saturated heterocycles. The normalized spacial score (nSPS) is 22.2. The van der Waals surface area contributed by atoms with Crippen molar-refractivity contribution in [3.63, 3.8) is 0 Å². The number of nitriles is 1. The van der Waals surface area contributed by atoms with Gasteiger partial charge in [-0.25, -0.2) is 0 Å². The van der Waals surface area contributed by atoms with Gasteiger partial charge in [-0.2, -0.15) is 10.1 Å². The number of benzene rings is 2. The van der Waals surface area contributed by atoms with Crippen LogP contribution in [-0.2, 0) is 30.1 Å². The van der Waals surface area contributed by atoms with Gasteiger partial charge in [0.15, 0.2) is 5.82 Å². The van der Waals surface area contributed by atoms with E-state index in [1.807, 2.05) is 31.2 Å². The highest BCUT2D eigenvalue weighted by molar-refractivity contribution is 5.94. The molecular weight excluding hydrogens is 534 g/mol. The van der Waals surface area contributed by atoms with E-state index >= 15 is 0 Å². The number of hydrogen-bond donors (Lipinski definition) is 3. The van der Waals surface area contributed by atoms with E-state index in [1.165, 1.54) is 4.80 Å². The van der Waals surface area contributed by atoms with Crippen LogP contribution >= 0.6 is 0 Å². The number of nitrogens with zero attached hydrogens (tertiary/aromatic N) is 6. The van der Waals surface area contributed by atoms with Crippen LogP contribution < -0.4 is 16.8 Å². The predicted octanol–water partition coefficient (Wildman–Crippen LogP) is 0.722. The molecule has 12 nitrogen and oxygen atoms in total. The van der Waals surface area contributed by atoms with Crippen molar-refractivity contribution >= 4 is 17.7 Å². The summed E-state index contributed by atoms with van der Waals surface area (Å²) in [6.45, 7) is 2.09. The second kappa shape index (κ2) is 10.3. The van der Waals surface area contributed by atoms with Crippen LogP contribution in [0, 0.1) is 17.2 Å². The topological polar surface area (TPSA) is 186 Å². The van der Waals surface area contributed by atoms with Gasteiger partial charge in [-0.3, -0.25) is 14.4 Å². The van der Waals surface area contributed by atoms with E-state index in [-0.39, 0.29) is 30.6 Å². The maximum Gasteiger partial charge on any atom is 0.248 e. The predicted molar refractivity (Wildman–Crippen MR) is 151 cm³/mol. The molecule has 3 aliphatic rings. The Morgan fingerprint density at radius 2 is 1.69 bits per heavy atom. The molecule has 12 heteroatoms. The Labute approximate surface area is 243 Å². The molecule has 42 heavy (non-hydrogen) atoms. The summed E-state index contributed by atoms with van der Waals surface area (Å²) >= 11 is 0. The average molecular weight is 568 g/mol. The number of hydrogen-bond acceptors (Lipinski definition) is 8. The summed E-state index contributed by atoms with van der Waals surface area (Å²) in [5.74, 6) is -0.232. The van der Waals surface area contributed by atoms with Gasteiger partial charge in [-0.05, 0) is 96.7 Å². The molecule has 0 spiro atoms. The molecule has 1 saturated carbocycles. The number of likely N-dealkylation sites (tertiary alicyclic amines) is 1. The molecule has 5 N–H and O–H groups in total. The smallest absolute Gasteiger partial charge is 0.248 e. The number of aryl methyl sites for hydroxylation is 3. The summed E-state index contributed by atoms with van der Waals surface area (Å²) in [6.07, 6.45) is 3.32. The summed E-state index contributed by atoms with van der Waals surface area (Å²) in [5.41, 5.74) is 14.8. The van der Waals surface area contributed by atoms with Gasteiger partial charge in [0.2, 0.25) is 17.7 Å². The molecular formula is C30H33N9O3. The number of carbonyl (C=O) groups excluding carboxylic acids is 3. The third-order valence-electron chi connectivity index (χ3n) is 9.01. The van der Waals surface area contributed by atoms with Gasteiger partial charge in [0.05, 0.1) is 25.1 Å². The number of primary amides is 2. The summed E-state index contributed by atoms with van der Waals surface area (Å²) in [4.78, 5) is 40.6. The number of aromatic nitrogens is 4. The SMILES string of the molecule is C[C@H](CC1(c2nnn(C)n2)c2ccc(C(N)=O)cc2CCc2cc(C(N)=O)ccc21)NCC(=O)N1[C@H](C#N)C[C@@H]2C[C@@H]21. The quantitative estimate of drug-likeness (QED) is 0.355. The lowest BCUT2D eigenvalue weighted by Crippen LogP contribution is -2.46. The van der Waals surface area contributed by atoms with Gasteiger partial charge in [0.25, 0.3) is 0 Å². The molecule has 1 aliphatic heterocycles. The summed E-state index contributed by atoms with van der Waals surface area (Å²) < 4.78 is 0. The number of piperidine rings is 1. The van der Waals surface area contributed by atoms with E-state index in [1.54, 1.807) is 24.1 Å². The fourth-order valence-corrected chi connectivity index (χ4v) is 6.98.